The van der Waals surface area contributed by atoms with Crippen molar-refractivity contribution < 1.29 is 0 Å². The van der Waals surface area contributed by atoms with E-state index in [-0.39, 0.29) is 0 Å². The van der Waals surface area contributed by atoms with Crippen molar-refractivity contribution in [2.45, 2.75) is 19.9 Å². The fourth-order valence-electron chi connectivity index (χ4n) is 2.94. The summed E-state index contributed by atoms with van der Waals surface area (Å²) in [4.78, 5) is 8.78. The summed E-state index contributed by atoms with van der Waals surface area (Å²) in [6, 6.07) is 12.9. The molecule has 0 amide bonds. The molecule has 1 aliphatic rings. The Morgan fingerprint density at radius 3 is 3.05 bits per heavy atom. The second-order valence-electron chi connectivity index (χ2n) is 5.36. The van der Waals surface area contributed by atoms with Crippen LogP contribution >= 0.6 is 11.3 Å². The van der Waals surface area contributed by atoms with Crippen LogP contribution in [0.2, 0.25) is 0 Å². The first kappa shape index (κ1) is 11.9. The van der Waals surface area contributed by atoms with Crippen LogP contribution in [0.15, 0.2) is 41.8 Å². The minimum Gasteiger partial charge on any atom is -0.352 e. The number of aryl methyl sites for hydroxylation is 1. The molecule has 2 nitrogen and oxygen atoms in total. The van der Waals surface area contributed by atoms with Gasteiger partial charge in [-0.25, -0.2) is 4.98 Å². The molecule has 0 atom stereocenters. The maximum Gasteiger partial charge on any atom is 0.129 e. The molecule has 1 aromatic carbocycles. The van der Waals surface area contributed by atoms with Gasteiger partial charge >= 0.3 is 0 Å². The highest BCUT2D eigenvalue weighted by molar-refractivity contribution is 7.10. The van der Waals surface area contributed by atoms with Crippen LogP contribution in [-0.4, -0.2) is 11.5 Å². The summed E-state index contributed by atoms with van der Waals surface area (Å²) in [5.74, 6) is 1.11. The van der Waals surface area contributed by atoms with Crippen LogP contribution in [-0.2, 0) is 13.0 Å². The van der Waals surface area contributed by atoms with Gasteiger partial charge in [0, 0.05) is 23.4 Å². The van der Waals surface area contributed by atoms with E-state index in [1.54, 1.807) is 4.88 Å². The summed E-state index contributed by atoms with van der Waals surface area (Å²) >= 11 is 1.88. The number of aromatic nitrogens is 1. The Labute approximate surface area is 122 Å². The molecule has 3 aromatic rings. The molecular formula is C17H16N2S. The van der Waals surface area contributed by atoms with E-state index >= 15 is 0 Å². The van der Waals surface area contributed by atoms with Gasteiger partial charge in [-0.15, -0.1) is 11.3 Å². The predicted molar refractivity (Wildman–Crippen MR) is 85.6 cm³/mol. The molecule has 0 radical (unpaired) electrons. The van der Waals surface area contributed by atoms with Crippen LogP contribution in [0.1, 0.15) is 16.0 Å². The van der Waals surface area contributed by atoms with E-state index in [9.17, 15) is 0 Å². The smallest absolute Gasteiger partial charge is 0.129 e. The Morgan fingerprint density at radius 1 is 1.20 bits per heavy atom. The Morgan fingerprint density at radius 2 is 2.10 bits per heavy atom. The second-order valence-corrected chi connectivity index (χ2v) is 6.36. The number of thiophene rings is 1. The van der Waals surface area contributed by atoms with Crippen molar-refractivity contribution >= 4 is 28.1 Å². The van der Waals surface area contributed by atoms with Gasteiger partial charge in [-0.3, -0.25) is 0 Å². The fourth-order valence-corrected chi connectivity index (χ4v) is 3.83. The highest BCUT2D eigenvalue weighted by Crippen LogP contribution is 2.29. The van der Waals surface area contributed by atoms with E-state index in [2.05, 4.69) is 53.6 Å². The number of pyridine rings is 1. The zero-order valence-corrected chi connectivity index (χ0v) is 12.3. The van der Waals surface area contributed by atoms with Crippen molar-refractivity contribution in [2.75, 3.05) is 11.4 Å². The topological polar surface area (TPSA) is 16.1 Å². The van der Waals surface area contributed by atoms with Crippen molar-refractivity contribution in [3.8, 4) is 0 Å². The first-order valence-electron chi connectivity index (χ1n) is 6.98. The lowest BCUT2D eigenvalue weighted by molar-refractivity contribution is 0.733. The number of hydrogen-bond donors (Lipinski definition) is 0. The molecule has 3 heteroatoms. The normalized spacial score (nSPS) is 14.6. The molecule has 4 rings (SSSR count). The van der Waals surface area contributed by atoms with Gasteiger partial charge in [0.2, 0.25) is 0 Å². The molecule has 20 heavy (non-hydrogen) atoms. The standard InChI is InChI=1S/C17H16N2S/c1-12-10-17(18-15-5-3-2-4-14(12)15)19-8-6-16-13(11-19)7-9-20-16/h2-5,7,9-10H,6,8,11H2,1H3. The van der Waals surface area contributed by atoms with Crippen molar-refractivity contribution in [2.24, 2.45) is 0 Å². The third-order valence-corrected chi connectivity index (χ3v) is 5.06. The lowest BCUT2D eigenvalue weighted by atomic mass is 10.1. The maximum atomic E-state index is 4.85. The van der Waals surface area contributed by atoms with Crippen molar-refractivity contribution in [3.63, 3.8) is 0 Å². The molecule has 0 bridgehead atoms. The average molecular weight is 280 g/mol. The third kappa shape index (κ3) is 1.90. The summed E-state index contributed by atoms with van der Waals surface area (Å²) < 4.78 is 0. The van der Waals surface area contributed by atoms with Crippen LogP contribution in [0.5, 0.6) is 0 Å². The lowest BCUT2D eigenvalue weighted by Crippen LogP contribution is -2.30. The minimum absolute atomic E-state index is 0.990. The monoisotopic (exact) mass is 280 g/mol. The molecule has 0 spiro atoms. The van der Waals surface area contributed by atoms with Gasteiger partial charge in [0.15, 0.2) is 0 Å². The Balaban J connectivity index is 1.76. The number of nitrogens with zero attached hydrogens (tertiary/aromatic N) is 2. The molecule has 0 fully saturated rings. The molecule has 0 saturated carbocycles. The highest BCUT2D eigenvalue weighted by Gasteiger charge is 2.18. The highest BCUT2D eigenvalue weighted by atomic mass is 32.1. The zero-order chi connectivity index (χ0) is 13.5. The summed E-state index contributed by atoms with van der Waals surface area (Å²) in [6.07, 6.45) is 1.14. The molecule has 100 valence electrons. The van der Waals surface area contributed by atoms with E-state index in [1.165, 1.54) is 16.5 Å². The van der Waals surface area contributed by atoms with Crippen molar-refractivity contribution in [1.82, 2.24) is 4.98 Å². The van der Waals surface area contributed by atoms with Crippen LogP contribution in [0, 0.1) is 6.92 Å². The first-order chi connectivity index (χ1) is 9.81. The number of para-hydroxylation sites is 1. The van der Waals surface area contributed by atoms with Gasteiger partial charge in [-0.2, -0.15) is 0 Å². The maximum absolute atomic E-state index is 4.85. The molecule has 1 aliphatic heterocycles. The number of hydrogen-bond acceptors (Lipinski definition) is 3. The largest absolute Gasteiger partial charge is 0.352 e. The van der Waals surface area contributed by atoms with Gasteiger partial charge in [0.05, 0.1) is 5.52 Å². The van der Waals surface area contributed by atoms with Gasteiger partial charge < -0.3 is 4.90 Å². The number of rotatable bonds is 1. The third-order valence-electron chi connectivity index (χ3n) is 4.04. The Bertz CT molecular complexity index is 776. The van der Waals surface area contributed by atoms with Crippen LogP contribution < -0.4 is 4.90 Å². The fraction of sp³-hybridized carbons (Fsp3) is 0.235. The Kier molecular flexibility index (Phi) is 2.74. The summed E-state index contributed by atoms with van der Waals surface area (Å²) in [5.41, 5.74) is 3.87. The summed E-state index contributed by atoms with van der Waals surface area (Å²) in [7, 11) is 0. The van der Waals surface area contributed by atoms with E-state index in [0.717, 1.165) is 30.8 Å². The van der Waals surface area contributed by atoms with Crippen LogP contribution in [0.3, 0.4) is 0 Å². The predicted octanol–water partition coefficient (Wildman–Crippen LogP) is 4.17. The number of fused-ring (bicyclic) bond motifs is 2. The molecule has 2 aromatic heterocycles. The molecule has 0 aliphatic carbocycles. The Hall–Kier alpha value is -1.87. The molecule has 0 N–H and O–H groups in total. The minimum atomic E-state index is 0.990. The van der Waals surface area contributed by atoms with Crippen LogP contribution in [0.4, 0.5) is 5.82 Å². The quantitative estimate of drug-likeness (QED) is 0.665. The zero-order valence-electron chi connectivity index (χ0n) is 11.5. The lowest BCUT2D eigenvalue weighted by Gasteiger charge is -2.28. The van der Waals surface area contributed by atoms with Crippen molar-refractivity contribution in [1.29, 1.82) is 0 Å². The van der Waals surface area contributed by atoms with Crippen LogP contribution in [0.25, 0.3) is 10.9 Å². The average Bonchev–Trinajstić information content (AvgIpc) is 2.94. The molecule has 0 unspecified atom stereocenters. The second kappa shape index (κ2) is 4.60. The van der Waals surface area contributed by atoms with Crippen molar-refractivity contribution in [3.05, 3.63) is 57.8 Å². The van der Waals surface area contributed by atoms with E-state index in [0.29, 0.717) is 0 Å². The SMILES string of the molecule is Cc1cc(N2CCc3sccc3C2)nc2ccccc12. The van der Waals surface area contributed by atoms with E-state index in [4.69, 9.17) is 4.98 Å². The molecule has 0 saturated heterocycles. The number of anilines is 1. The molecular weight excluding hydrogens is 264 g/mol. The molecule has 3 heterocycles. The summed E-state index contributed by atoms with van der Waals surface area (Å²) in [6.45, 7) is 4.23. The van der Waals surface area contributed by atoms with E-state index in [1.807, 2.05) is 11.3 Å². The summed E-state index contributed by atoms with van der Waals surface area (Å²) in [5, 5.41) is 3.46. The van der Waals surface area contributed by atoms with E-state index < -0.39 is 0 Å². The van der Waals surface area contributed by atoms with Gasteiger partial charge in [0.1, 0.15) is 5.82 Å². The first-order valence-corrected chi connectivity index (χ1v) is 7.86. The number of benzene rings is 1. The van der Waals surface area contributed by atoms with Gasteiger partial charge in [0.25, 0.3) is 0 Å². The van der Waals surface area contributed by atoms with Gasteiger partial charge in [-0.05, 0) is 48.1 Å². The van der Waals surface area contributed by atoms with Gasteiger partial charge in [-0.1, -0.05) is 18.2 Å².